The van der Waals surface area contributed by atoms with Crippen molar-refractivity contribution in [3.05, 3.63) is 0 Å². The number of urea groups is 1. The van der Waals surface area contributed by atoms with Gasteiger partial charge in [0.2, 0.25) is 0 Å². The summed E-state index contributed by atoms with van der Waals surface area (Å²) in [6.45, 7) is -0.228. The molecule has 6 heteroatoms. The maximum Gasteiger partial charge on any atom is 0.314 e. The molecule has 0 heterocycles. The largest absolute Gasteiger partial charge is 0.396 e. The molecule has 1 fully saturated rings. The molecule has 4 atom stereocenters. The van der Waals surface area contributed by atoms with Gasteiger partial charge in [-0.25, -0.2) is 9.18 Å². The van der Waals surface area contributed by atoms with Crippen LogP contribution in [0, 0.1) is 5.92 Å². The summed E-state index contributed by atoms with van der Waals surface area (Å²) in [5.41, 5.74) is 0. The molecular weight excluding hydrogens is 203 g/mol. The van der Waals surface area contributed by atoms with E-state index in [9.17, 15) is 14.3 Å². The predicted octanol–water partition coefficient (Wildman–Crippen LogP) is -0.615. The van der Waals surface area contributed by atoms with E-state index in [1.807, 2.05) is 0 Å². The number of aliphatic hydroxyl groups excluding tert-OH is 2. The van der Waals surface area contributed by atoms with Crippen LogP contribution in [0.2, 0.25) is 0 Å². The first-order chi connectivity index (χ1) is 7.10. The highest BCUT2D eigenvalue weighted by Gasteiger charge is 2.38. The molecule has 0 aliphatic heterocycles. The van der Waals surface area contributed by atoms with Gasteiger partial charge in [-0.2, -0.15) is 0 Å². The minimum atomic E-state index is -1.52. The summed E-state index contributed by atoms with van der Waals surface area (Å²) in [6.07, 6.45) is -1.79. The summed E-state index contributed by atoms with van der Waals surface area (Å²) >= 11 is 0. The fourth-order valence-corrected chi connectivity index (χ4v) is 1.81. The summed E-state index contributed by atoms with van der Waals surface area (Å²) in [6, 6.07) is -1.14. The predicted molar refractivity (Wildman–Crippen MR) is 52.1 cm³/mol. The molecule has 1 aliphatic rings. The molecule has 3 unspecified atom stereocenters. The first kappa shape index (κ1) is 12.2. The van der Waals surface area contributed by atoms with Crippen molar-refractivity contribution in [1.82, 2.24) is 10.6 Å². The monoisotopic (exact) mass is 220 g/mol. The number of hydrogen-bond donors (Lipinski definition) is 4. The zero-order chi connectivity index (χ0) is 11.4. The van der Waals surface area contributed by atoms with Gasteiger partial charge in [0.15, 0.2) is 0 Å². The second-order valence-corrected chi connectivity index (χ2v) is 3.78. The molecule has 0 spiro atoms. The minimum Gasteiger partial charge on any atom is -0.396 e. The summed E-state index contributed by atoms with van der Waals surface area (Å²) < 4.78 is 13.6. The number of carbonyl (C=O) groups is 1. The quantitative estimate of drug-likeness (QED) is 0.501. The Kier molecular flexibility index (Phi) is 4.28. The summed E-state index contributed by atoms with van der Waals surface area (Å²) in [5.74, 6) is -0.428. The first-order valence-corrected chi connectivity index (χ1v) is 5.01. The number of nitrogens with one attached hydrogen (secondary N) is 2. The van der Waals surface area contributed by atoms with Crippen molar-refractivity contribution >= 4 is 6.03 Å². The van der Waals surface area contributed by atoms with Crippen LogP contribution in [0.1, 0.15) is 12.8 Å². The second-order valence-electron chi connectivity index (χ2n) is 3.78. The van der Waals surface area contributed by atoms with Gasteiger partial charge in [-0.05, 0) is 12.8 Å². The zero-order valence-corrected chi connectivity index (χ0v) is 8.61. The van der Waals surface area contributed by atoms with E-state index in [2.05, 4.69) is 10.6 Å². The number of alkyl halides is 1. The van der Waals surface area contributed by atoms with Gasteiger partial charge < -0.3 is 20.8 Å². The summed E-state index contributed by atoms with van der Waals surface area (Å²) in [5, 5.41) is 23.1. The molecule has 4 N–H and O–H groups in total. The molecule has 1 rings (SSSR count). The Balaban J connectivity index is 2.52. The molecule has 0 saturated heterocycles. The lowest BCUT2D eigenvalue weighted by Crippen LogP contribution is -2.54. The topological polar surface area (TPSA) is 81.6 Å². The van der Waals surface area contributed by atoms with E-state index in [1.165, 1.54) is 7.05 Å². The van der Waals surface area contributed by atoms with Gasteiger partial charge >= 0.3 is 6.03 Å². The number of hydrogen-bond acceptors (Lipinski definition) is 3. The normalized spacial score (nSPS) is 36.0. The molecule has 0 aromatic carbocycles. The van der Waals surface area contributed by atoms with Crippen LogP contribution in [-0.2, 0) is 0 Å². The van der Waals surface area contributed by atoms with Crippen LogP contribution in [0.3, 0.4) is 0 Å². The van der Waals surface area contributed by atoms with Crippen molar-refractivity contribution in [1.29, 1.82) is 0 Å². The average molecular weight is 220 g/mol. The van der Waals surface area contributed by atoms with Crippen molar-refractivity contribution in [3.63, 3.8) is 0 Å². The van der Waals surface area contributed by atoms with Crippen molar-refractivity contribution in [2.75, 3.05) is 13.7 Å². The van der Waals surface area contributed by atoms with Crippen LogP contribution in [0.4, 0.5) is 9.18 Å². The molecule has 88 valence electrons. The lowest BCUT2D eigenvalue weighted by atomic mass is 9.82. The number of halogens is 1. The lowest BCUT2D eigenvalue weighted by Gasteiger charge is -2.35. The van der Waals surface area contributed by atoms with Crippen molar-refractivity contribution in [2.24, 2.45) is 5.92 Å². The Bertz CT molecular complexity index is 227. The van der Waals surface area contributed by atoms with Crippen molar-refractivity contribution in [3.8, 4) is 0 Å². The van der Waals surface area contributed by atoms with Gasteiger partial charge in [0.05, 0.1) is 12.1 Å². The standard InChI is InChI=1S/C9H17FN2O3/c1-11-9(15)12-6-3-2-5(4-13)8(14)7(6)10/h5-8,13-14H,2-4H2,1H3,(H2,11,12,15)/t5?,6-,7?,8?/m0/s1. The van der Waals surface area contributed by atoms with Crippen LogP contribution in [0.5, 0.6) is 0 Å². The fraction of sp³-hybridized carbons (Fsp3) is 0.889. The van der Waals surface area contributed by atoms with E-state index in [1.54, 1.807) is 0 Å². The third-order valence-corrected chi connectivity index (χ3v) is 2.82. The van der Waals surface area contributed by atoms with Crippen LogP contribution in [-0.4, -0.2) is 48.2 Å². The van der Waals surface area contributed by atoms with Gasteiger partial charge in [0, 0.05) is 19.6 Å². The van der Waals surface area contributed by atoms with Crippen LogP contribution >= 0.6 is 0 Å². The van der Waals surface area contributed by atoms with E-state index < -0.39 is 30.3 Å². The maximum atomic E-state index is 13.6. The van der Waals surface area contributed by atoms with Crippen LogP contribution in [0.25, 0.3) is 0 Å². The lowest BCUT2D eigenvalue weighted by molar-refractivity contribution is -0.0351. The Hall–Kier alpha value is -0.880. The number of carbonyl (C=O) groups excluding carboxylic acids is 1. The molecule has 2 amide bonds. The summed E-state index contributed by atoms with van der Waals surface area (Å²) in [4.78, 5) is 11.0. The van der Waals surface area contributed by atoms with E-state index in [4.69, 9.17) is 5.11 Å². The Morgan fingerprint density at radius 1 is 1.53 bits per heavy atom. The molecule has 0 bridgehead atoms. The first-order valence-electron chi connectivity index (χ1n) is 5.01. The highest BCUT2D eigenvalue weighted by atomic mass is 19.1. The molecule has 1 saturated carbocycles. The molecule has 0 aromatic heterocycles. The molecule has 0 radical (unpaired) electrons. The van der Waals surface area contributed by atoms with Gasteiger partial charge in [-0.1, -0.05) is 0 Å². The SMILES string of the molecule is CNC(=O)N[C@H]1CCC(CO)C(O)C1F. The third kappa shape index (κ3) is 2.79. The van der Waals surface area contributed by atoms with Gasteiger partial charge in [-0.3, -0.25) is 0 Å². The molecule has 5 nitrogen and oxygen atoms in total. The Labute approximate surface area is 87.7 Å². The highest BCUT2D eigenvalue weighted by Crippen LogP contribution is 2.27. The average Bonchev–Trinajstić information content (AvgIpc) is 2.25. The van der Waals surface area contributed by atoms with Crippen molar-refractivity contribution < 1.29 is 19.4 Å². The van der Waals surface area contributed by atoms with E-state index >= 15 is 0 Å². The zero-order valence-electron chi connectivity index (χ0n) is 8.61. The van der Waals surface area contributed by atoms with E-state index in [-0.39, 0.29) is 6.61 Å². The van der Waals surface area contributed by atoms with Crippen LogP contribution < -0.4 is 10.6 Å². The number of amides is 2. The van der Waals surface area contributed by atoms with E-state index in [0.29, 0.717) is 12.8 Å². The maximum absolute atomic E-state index is 13.6. The van der Waals surface area contributed by atoms with Gasteiger partial charge in [0.1, 0.15) is 6.17 Å². The molecule has 1 aliphatic carbocycles. The second kappa shape index (κ2) is 5.27. The number of aliphatic hydroxyl groups is 2. The number of rotatable bonds is 2. The summed E-state index contributed by atoms with van der Waals surface area (Å²) in [7, 11) is 1.44. The molecular formula is C9H17FN2O3. The Morgan fingerprint density at radius 3 is 2.73 bits per heavy atom. The van der Waals surface area contributed by atoms with Crippen LogP contribution in [0.15, 0.2) is 0 Å². The molecule has 15 heavy (non-hydrogen) atoms. The fourth-order valence-electron chi connectivity index (χ4n) is 1.81. The third-order valence-electron chi connectivity index (χ3n) is 2.82. The molecule has 0 aromatic rings. The highest BCUT2D eigenvalue weighted by molar-refractivity contribution is 5.73. The van der Waals surface area contributed by atoms with E-state index in [0.717, 1.165) is 0 Å². The smallest absolute Gasteiger partial charge is 0.314 e. The Morgan fingerprint density at radius 2 is 2.20 bits per heavy atom. The van der Waals surface area contributed by atoms with Gasteiger partial charge in [-0.15, -0.1) is 0 Å². The van der Waals surface area contributed by atoms with Crippen molar-refractivity contribution in [2.45, 2.75) is 31.2 Å². The minimum absolute atomic E-state index is 0.228. The van der Waals surface area contributed by atoms with Gasteiger partial charge in [0.25, 0.3) is 0 Å².